The molecular weight excluding hydrogens is 368 g/mol. The Bertz CT molecular complexity index is 1160. The average molecular weight is 388 g/mol. The summed E-state index contributed by atoms with van der Waals surface area (Å²) in [6, 6.07) is 18.0. The van der Waals surface area contributed by atoms with E-state index in [1.165, 1.54) is 10.8 Å². The van der Waals surface area contributed by atoms with Crippen LogP contribution in [0.4, 0.5) is 5.69 Å². The van der Waals surface area contributed by atoms with Crippen molar-refractivity contribution in [3.8, 4) is 17.5 Å². The van der Waals surface area contributed by atoms with Crippen LogP contribution in [-0.4, -0.2) is 22.4 Å². The Morgan fingerprint density at radius 2 is 1.79 bits per heavy atom. The number of benzene rings is 2. The third-order valence-electron chi connectivity index (χ3n) is 4.58. The van der Waals surface area contributed by atoms with E-state index in [0.29, 0.717) is 22.7 Å². The molecule has 3 aromatic rings. The molecule has 146 valence electrons. The maximum Gasteiger partial charge on any atom is 0.295 e. The summed E-state index contributed by atoms with van der Waals surface area (Å²) in [6.07, 6.45) is 1.46. The highest BCUT2D eigenvalue weighted by molar-refractivity contribution is 6.09. The minimum atomic E-state index is -0.644. The normalized spacial score (nSPS) is 11.0. The first-order chi connectivity index (χ1) is 14.0. The monoisotopic (exact) mass is 388 g/mol. The Hall–Kier alpha value is -4.05. The van der Waals surface area contributed by atoms with Gasteiger partial charge in [0.05, 0.1) is 18.5 Å². The number of nitrogens with one attached hydrogen (secondary N) is 1. The van der Waals surface area contributed by atoms with Gasteiger partial charge in [-0.1, -0.05) is 30.3 Å². The lowest BCUT2D eigenvalue weighted by Gasteiger charge is -2.07. The fraction of sp³-hybridized carbons (Fsp3) is 0.136. The lowest BCUT2D eigenvalue weighted by atomic mass is 10.1. The van der Waals surface area contributed by atoms with Gasteiger partial charge in [-0.05, 0) is 42.8 Å². The Labute approximate surface area is 168 Å². The maximum absolute atomic E-state index is 12.9. The van der Waals surface area contributed by atoms with Crippen LogP contribution in [0.1, 0.15) is 11.3 Å². The van der Waals surface area contributed by atoms with E-state index >= 15 is 0 Å². The summed E-state index contributed by atoms with van der Waals surface area (Å²) in [5, 5.41) is 12.0. The number of nitrogens with zero attached hydrogens (tertiary/aromatic N) is 3. The second-order valence-electron chi connectivity index (χ2n) is 6.33. The summed E-state index contributed by atoms with van der Waals surface area (Å²) in [5.41, 5.74) is 1.59. The molecule has 0 aliphatic rings. The zero-order chi connectivity index (χ0) is 21.0. The van der Waals surface area contributed by atoms with Crippen LogP contribution in [0.5, 0.6) is 5.75 Å². The third kappa shape index (κ3) is 3.96. The van der Waals surface area contributed by atoms with Gasteiger partial charge in [0.25, 0.3) is 11.5 Å². The summed E-state index contributed by atoms with van der Waals surface area (Å²) in [5.74, 6) is 0.0285. The second-order valence-corrected chi connectivity index (χ2v) is 6.33. The van der Waals surface area contributed by atoms with Gasteiger partial charge < -0.3 is 10.1 Å². The fourth-order valence-electron chi connectivity index (χ4n) is 2.91. The Kier molecular flexibility index (Phi) is 5.65. The number of hydrogen-bond acceptors (Lipinski definition) is 4. The first-order valence-electron chi connectivity index (χ1n) is 8.87. The predicted molar refractivity (Wildman–Crippen MR) is 111 cm³/mol. The lowest BCUT2D eigenvalue weighted by Crippen LogP contribution is -2.23. The van der Waals surface area contributed by atoms with Crippen molar-refractivity contribution < 1.29 is 9.53 Å². The molecule has 7 heteroatoms. The number of nitriles is 1. The number of rotatable bonds is 5. The summed E-state index contributed by atoms with van der Waals surface area (Å²) in [4.78, 5) is 25.5. The van der Waals surface area contributed by atoms with Crippen LogP contribution in [-0.2, 0) is 11.8 Å². The van der Waals surface area contributed by atoms with Crippen LogP contribution in [0.25, 0.3) is 11.8 Å². The van der Waals surface area contributed by atoms with Crippen LogP contribution in [0, 0.1) is 18.3 Å². The van der Waals surface area contributed by atoms with Gasteiger partial charge >= 0.3 is 0 Å². The molecule has 0 aliphatic heterocycles. The zero-order valence-corrected chi connectivity index (χ0v) is 16.3. The first kappa shape index (κ1) is 19.7. The Morgan fingerprint density at radius 3 is 2.38 bits per heavy atom. The highest BCUT2D eigenvalue weighted by atomic mass is 16.5. The molecule has 0 spiro atoms. The van der Waals surface area contributed by atoms with Gasteiger partial charge in [0, 0.05) is 7.05 Å². The lowest BCUT2D eigenvalue weighted by molar-refractivity contribution is -0.112. The molecular formula is C22H20N4O3. The smallest absolute Gasteiger partial charge is 0.295 e. The minimum absolute atomic E-state index is 0.107. The molecule has 0 fully saturated rings. The SMILES string of the molecule is COc1ccc(/C=C(/C#N)C(=O)Nc2c(C)n(C)n(-c3ccccc3)c2=O)cc1. The molecule has 0 saturated carbocycles. The van der Waals surface area contributed by atoms with Gasteiger partial charge in [0.2, 0.25) is 0 Å². The molecule has 7 nitrogen and oxygen atoms in total. The highest BCUT2D eigenvalue weighted by Crippen LogP contribution is 2.17. The molecule has 0 atom stereocenters. The number of aromatic nitrogens is 2. The molecule has 1 heterocycles. The van der Waals surface area contributed by atoms with Gasteiger partial charge in [-0.25, -0.2) is 4.68 Å². The van der Waals surface area contributed by atoms with Crippen molar-refractivity contribution in [2.75, 3.05) is 12.4 Å². The molecule has 0 radical (unpaired) electrons. The molecule has 1 aromatic heterocycles. The number of anilines is 1. The molecule has 2 aromatic carbocycles. The minimum Gasteiger partial charge on any atom is -0.497 e. The quantitative estimate of drug-likeness (QED) is 0.537. The van der Waals surface area contributed by atoms with Gasteiger partial charge in [-0.3, -0.25) is 14.3 Å². The van der Waals surface area contributed by atoms with Crippen molar-refractivity contribution >= 4 is 17.7 Å². The third-order valence-corrected chi connectivity index (χ3v) is 4.58. The van der Waals surface area contributed by atoms with Crippen LogP contribution in [0.2, 0.25) is 0 Å². The summed E-state index contributed by atoms with van der Waals surface area (Å²) in [7, 11) is 3.29. The number of carbonyl (C=O) groups is 1. The summed E-state index contributed by atoms with van der Waals surface area (Å²) < 4.78 is 8.22. The molecule has 1 amide bonds. The summed E-state index contributed by atoms with van der Waals surface area (Å²) in [6.45, 7) is 1.73. The molecule has 3 rings (SSSR count). The standard InChI is InChI=1S/C22H20N4O3/c1-15-20(22(28)26(25(15)2)18-7-5-4-6-8-18)24-21(27)17(14-23)13-16-9-11-19(29-3)12-10-16/h4-13H,1-3H3,(H,24,27)/b17-13-. The number of methoxy groups -OCH3 is 1. The van der Waals surface area contributed by atoms with Crippen LogP contribution >= 0.6 is 0 Å². The number of para-hydroxylation sites is 1. The first-order valence-corrected chi connectivity index (χ1v) is 8.87. The molecule has 0 bridgehead atoms. The van der Waals surface area contributed by atoms with Gasteiger partial charge in [0.1, 0.15) is 23.1 Å². The van der Waals surface area contributed by atoms with Crippen LogP contribution in [0.15, 0.2) is 65.0 Å². The van der Waals surface area contributed by atoms with Gasteiger partial charge in [0.15, 0.2) is 0 Å². The summed E-state index contributed by atoms with van der Waals surface area (Å²) >= 11 is 0. The zero-order valence-electron chi connectivity index (χ0n) is 16.3. The van der Waals surface area contributed by atoms with E-state index < -0.39 is 5.91 Å². The Morgan fingerprint density at radius 1 is 1.14 bits per heavy atom. The van der Waals surface area contributed by atoms with Crippen molar-refractivity contribution in [1.29, 1.82) is 5.26 Å². The molecule has 0 saturated heterocycles. The number of ether oxygens (including phenoxy) is 1. The average Bonchev–Trinajstić information content (AvgIpc) is 2.96. The predicted octanol–water partition coefficient (Wildman–Crippen LogP) is 3.04. The second kappa shape index (κ2) is 8.31. The van der Waals surface area contributed by atoms with Crippen molar-refractivity contribution in [1.82, 2.24) is 9.36 Å². The van der Waals surface area contributed by atoms with E-state index in [-0.39, 0.29) is 16.8 Å². The van der Waals surface area contributed by atoms with Crippen molar-refractivity contribution in [2.24, 2.45) is 7.05 Å². The molecule has 1 N–H and O–H groups in total. The van der Waals surface area contributed by atoms with E-state index in [4.69, 9.17) is 4.74 Å². The number of carbonyl (C=O) groups excluding carboxylic acids is 1. The maximum atomic E-state index is 12.9. The van der Waals surface area contributed by atoms with Gasteiger partial charge in [-0.2, -0.15) is 5.26 Å². The fourth-order valence-corrected chi connectivity index (χ4v) is 2.91. The van der Waals surface area contributed by atoms with E-state index in [9.17, 15) is 14.9 Å². The topological polar surface area (TPSA) is 89.0 Å². The van der Waals surface area contributed by atoms with Crippen LogP contribution in [0.3, 0.4) is 0 Å². The van der Waals surface area contributed by atoms with E-state index in [1.807, 2.05) is 24.3 Å². The van der Waals surface area contributed by atoms with Crippen molar-refractivity contribution in [2.45, 2.75) is 6.92 Å². The number of amides is 1. The highest BCUT2D eigenvalue weighted by Gasteiger charge is 2.19. The molecule has 0 unspecified atom stereocenters. The van der Waals surface area contributed by atoms with Crippen LogP contribution < -0.4 is 15.6 Å². The Balaban J connectivity index is 1.93. The van der Waals surface area contributed by atoms with Gasteiger partial charge in [-0.15, -0.1) is 0 Å². The molecule has 0 aliphatic carbocycles. The van der Waals surface area contributed by atoms with Crippen molar-refractivity contribution in [3.05, 3.63) is 81.8 Å². The van der Waals surface area contributed by atoms with E-state index in [2.05, 4.69) is 5.32 Å². The number of hydrogen-bond donors (Lipinski definition) is 1. The molecule has 29 heavy (non-hydrogen) atoms. The largest absolute Gasteiger partial charge is 0.497 e. The van der Waals surface area contributed by atoms with E-state index in [0.717, 1.165) is 0 Å². The van der Waals surface area contributed by atoms with Crippen molar-refractivity contribution in [3.63, 3.8) is 0 Å². The van der Waals surface area contributed by atoms with E-state index in [1.54, 1.807) is 62.2 Å².